The molecule has 0 atom stereocenters. The first-order valence-corrected chi connectivity index (χ1v) is 8.86. The molecule has 2 aliphatic carbocycles. The molecule has 0 amide bonds. The van der Waals surface area contributed by atoms with Gasteiger partial charge in [0, 0.05) is 18.6 Å². The summed E-state index contributed by atoms with van der Waals surface area (Å²) in [4.78, 5) is 2.81. The Balaban J connectivity index is 1.72. The van der Waals surface area contributed by atoms with Crippen LogP contribution in [-0.2, 0) is 6.54 Å². The normalized spacial score (nSPS) is 21.8. The number of phenols is 1. The molecule has 1 aromatic rings. The molecule has 116 valence electrons. The van der Waals surface area contributed by atoms with Gasteiger partial charge in [0.25, 0.3) is 0 Å². The molecule has 3 rings (SSSR count). The van der Waals surface area contributed by atoms with E-state index in [-0.39, 0.29) is 0 Å². The third-order valence-corrected chi connectivity index (χ3v) is 5.39. The molecule has 0 aromatic heterocycles. The number of rotatable bonds is 4. The van der Waals surface area contributed by atoms with Crippen LogP contribution in [0.5, 0.6) is 5.75 Å². The summed E-state index contributed by atoms with van der Waals surface area (Å²) < 4.78 is 0. The quantitative estimate of drug-likeness (QED) is 0.855. The van der Waals surface area contributed by atoms with Crippen LogP contribution >= 0.6 is 0 Å². The molecule has 0 radical (unpaired) electrons. The van der Waals surface area contributed by atoms with Gasteiger partial charge in [-0.25, -0.2) is 0 Å². The molecule has 21 heavy (non-hydrogen) atoms. The first kappa shape index (κ1) is 14.9. The first-order valence-electron chi connectivity index (χ1n) is 8.86. The van der Waals surface area contributed by atoms with Gasteiger partial charge in [-0.2, -0.15) is 0 Å². The van der Waals surface area contributed by atoms with E-state index in [1.165, 1.54) is 69.8 Å². The summed E-state index contributed by atoms with van der Waals surface area (Å²) >= 11 is 0. The van der Waals surface area contributed by atoms with Crippen LogP contribution in [-0.4, -0.2) is 22.1 Å². The van der Waals surface area contributed by atoms with Gasteiger partial charge in [0.05, 0.1) is 0 Å². The second-order valence-corrected chi connectivity index (χ2v) is 6.92. The van der Waals surface area contributed by atoms with Crippen molar-refractivity contribution < 1.29 is 5.11 Å². The van der Waals surface area contributed by atoms with E-state index in [0.717, 1.165) is 18.6 Å². The maximum Gasteiger partial charge on any atom is 0.115 e. The summed E-state index contributed by atoms with van der Waals surface area (Å²) in [5, 5.41) is 9.47. The van der Waals surface area contributed by atoms with Gasteiger partial charge in [-0.1, -0.05) is 50.7 Å². The molecular formula is C19H29NO. The highest BCUT2D eigenvalue weighted by Gasteiger charge is 2.28. The van der Waals surface area contributed by atoms with Crippen molar-refractivity contribution in [3.63, 3.8) is 0 Å². The van der Waals surface area contributed by atoms with Crippen LogP contribution in [0.1, 0.15) is 69.8 Å². The Morgan fingerprint density at radius 2 is 1.24 bits per heavy atom. The molecule has 2 nitrogen and oxygen atoms in total. The van der Waals surface area contributed by atoms with Crippen LogP contribution in [0.15, 0.2) is 24.3 Å². The number of phenolic OH excluding ortho intramolecular Hbond substituents is 1. The average Bonchev–Trinajstić information content (AvgIpc) is 2.56. The van der Waals surface area contributed by atoms with E-state index in [1.54, 1.807) is 0 Å². The Morgan fingerprint density at radius 1 is 0.762 bits per heavy atom. The SMILES string of the molecule is Oc1ccc(CN(C2CCCCC2)C2CCCCC2)cc1. The van der Waals surface area contributed by atoms with Crippen molar-refractivity contribution in [2.24, 2.45) is 0 Å². The summed E-state index contributed by atoms with van der Waals surface area (Å²) in [6, 6.07) is 9.42. The Bertz CT molecular complexity index is 398. The molecule has 2 fully saturated rings. The van der Waals surface area contributed by atoms with Crippen molar-refractivity contribution in [3.05, 3.63) is 29.8 Å². The van der Waals surface area contributed by atoms with Crippen molar-refractivity contribution in [1.29, 1.82) is 0 Å². The van der Waals surface area contributed by atoms with Crippen molar-refractivity contribution in [3.8, 4) is 5.75 Å². The van der Waals surface area contributed by atoms with Crippen molar-refractivity contribution in [2.45, 2.75) is 82.8 Å². The highest BCUT2D eigenvalue weighted by molar-refractivity contribution is 5.25. The molecule has 0 spiro atoms. The van der Waals surface area contributed by atoms with E-state index in [9.17, 15) is 5.11 Å². The van der Waals surface area contributed by atoms with E-state index in [4.69, 9.17) is 0 Å². The van der Waals surface area contributed by atoms with Gasteiger partial charge < -0.3 is 5.11 Å². The van der Waals surface area contributed by atoms with Gasteiger partial charge in [0.2, 0.25) is 0 Å². The molecule has 0 saturated heterocycles. The van der Waals surface area contributed by atoms with E-state index >= 15 is 0 Å². The van der Waals surface area contributed by atoms with Gasteiger partial charge in [-0.05, 0) is 43.4 Å². The van der Waals surface area contributed by atoms with Gasteiger partial charge in [-0.3, -0.25) is 4.90 Å². The molecule has 0 bridgehead atoms. The molecule has 2 heteroatoms. The van der Waals surface area contributed by atoms with Crippen LogP contribution in [0, 0.1) is 0 Å². The maximum atomic E-state index is 9.47. The summed E-state index contributed by atoms with van der Waals surface area (Å²) in [7, 11) is 0. The van der Waals surface area contributed by atoms with Gasteiger partial charge in [0.15, 0.2) is 0 Å². The Kier molecular flexibility index (Phi) is 5.18. The standard InChI is InChI=1S/C19H29NO/c21-19-13-11-16(12-14-19)15-20(17-7-3-1-4-8-17)18-9-5-2-6-10-18/h11-14,17-18,21H,1-10,15H2. The number of hydrogen-bond acceptors (Lipinski definition) is 2. The zero-order chi connectivity index (χ0) is 14.5. The Morgan fingerprint density at radius 3 is 1.71 bits per heavy atom. The fourth-order valence-corrected chi connectivity index (χ4v) is 4.19. The molecule has 0 heterocycles. The van der Waals surface area contributed by atoms with E-state index in [1.807, 2.05) is 12.1 Å². The molecule has 1 aromatic carbocycles. The summed E-state index contributed by atoms with van der Waals surface area (Å²) in [5.74, 6) is 0.376. The molecular weight excluding hydrogens is 258 g/mol. The number of benzene rings is 1. The average molecular weight is 287 g/mol. The first-order chi connectivity index (χ1) is 10.3. The molecule has 2 saturated carbocycles. The second kappa shape index (κ2) is 7.31. The zero-order valence-electron chi connectivity index (χ0n) is 13.1. The zero-order valence-corrected chi connectivity index (χ0v) is 13.1. The lowest BCUT2D eigenvalue weighted by atomic mass is 9.88. The van der Waals surface area contributed by atoms with Crippen LogP contribution < -0.4 is 0 Å². The predicted octanol–water partition coefficient (Wildman–Crippen LogP) is 4.86. The summed E-state index contributed by atoms with van der Waals surface area (Å²) in [6.07, 6.45) is 14.0. The summed E-state index contributed by atoms with van der Waals surface area (Å²) in [6.45, 7) is 1.07. The highest BCUT2D eigenvalue weighted by Crippen LogP contribution is 2.31. The van der Waals surface area contributed by atoms with Gasteiger partial charge in [-0.15, -0.1) is 0 Å². The molecule has 0 unspecified atom stereocenters. The van der Waals surface area contributed by atoms with Crippen LogP contribution in [0.3, 0.4) is 0 Å². The Labute approximate surface area is 129 Å². The highest BCUT2D eigenvalue weighted by atomic mass is 16.3. The lowest BCUT2D eigenvalue weighted by Gasteiger charge is -2.41. The minimum absolute atomic E-state index is 0.376. The third-order valence-electron chi connectivity index (χ3n) is 5.39. The van der Waals surface area contributed by atoms with Gasteiger partial charge >= 0.3 is 0 Å². The lowest BCUT2D eigenvalue weighted by Crippen LogP contribution is -2.44. The van der Waals surface area contributed by atoms with E-state index in [2.05, 4.69) is 17.0 Å². The topological polar surface area (TPSA) is 23.5 Å². The summed E-state index contributed by atoms with van der Waals surface area (Å²) in [5.41, 5.74) is 1.35. The van der Waals surface area contributed by atoms with E-state index in [0.29, 0.717) is 5.75 Å². The van der Waals surface area contributed by atoms with Crippen LogP contribution in [0.4, 0.5) is 0 Å². The minimum Gasteiger partial charge on any atom is -0.508 e. The smallest absolute Gasteiger partial charge is 0.115 e. The van der Waals surface area contributed by atoms with Crippen molar-refractivity contribution in [1.82, 2.24) is 4.90 Å². The lowest BCUT2D eigenvalue weighted by molar-refractivity contribution is 0.0731. The largest absolute Gasteiger partial charge is 0.508 e. The van der Waals surface area contributed by atoms with Gasteiger partial charge in [0.1, 0.15) is 5.75 Å². The van der Waals surface area contributed by atoms with Crippen LogP contribution in [0.25, 0.3) is 0 Å². The van der Waals surface area contributed by atoms with Crippen molar-refractivity contribution >= 4 is 0 Å². The fourth-order valence-electron chi connectivity index (χ4n) is 4.19. The predicted molar refractivity (Wildman–Crippen MR) is 87.4 cm³/mol. The Hall–Kier alpha value is -1.02. The van der Waals surface area contributed by atoms with Crippen LogP contribution in [0.2, 0.25) is 0 Å². The number of hydrogen-bond donors (Lipinski definition) is 1. The van der Waals surface area contributed by atoms with E-state index < -0.39 is 0 Å². The maximum absolute atomic E-state index is 9.47. The molecule has 2 aliphatic rings. The monoisotopic (exact) mass is 287 g/mol. The number of nitrogens with zero attached hydrogens (tertiary/aromatic N) is 1. The third kappa shape index (κ3) is 4.00. The second-order valence-electron chi connectivity index (χ2n) is 6.92. The fraction of sp³-hybridized carbons (Fsp3) is 0.684. The molecule has 1 N–H and O–H groups in total. The molecule has 0 aliphatic heterocycles. The number of aromatic hydroxyl groups is 1. The minimum atomic E-state index is 0.376. The van der Waals surface area contributed by atoms with Crippen molar-refractivity contribution in [2.75, 3.05) is 0 Å².